The summed E-state index contributed by atoms with van der Waals surface area (Å²) in [5.41, 5.74) is 0.949. The Labute approximate surface area is 101 Å². The molecule has 1 aromatic carbocycles. The van der Waals surface area contributed by atoms with E-state index in [4.69, 9.17) is 4.74 Å². The largest absolute Gasteiger partial charge is 0.444 e. The van der Waals surface area contributed by atoms with Gasteiger partial charge in [0.2, 0.25) is 0 Å². The molecule has 0 aliphatic rings. The van der Waals surface area contributed by atoms with Gasteiger partial charge in [-0.25, -0.2) is 9.18 Å². The maximum atomic E-state index is 12.4. The lowest BCUT2D eigenvalue weighted by molar-refractivity contribution is 0.0523. The number of alkyl carbamates (subject to hydrolysis) is 1. The number of nitrogens with one attached hydrogen (secondary N) is 1. The average Bonchev–Trinajstić information content (AvgIpc) is 2.24. The van der Waals surface area contributed by atoms with E-state index in [1.807, 2.05) is 6.07 Å². The summed E-state index contributed by atoms with van der Waals surface area (Å²) in [6.45, 7) is 5.24. The zero-order chi connectivity index (χ0) is 12.9. The predicted octanol–water partition coefficient (Wildman–Crippen LogP) is 3.18. The SMILES string of the molecule is CC(C)(C)OC(=O)NCc1cccc(CF)c1. The molecule has 0 aliphatic heterocycles. The van der Waals surface area contributed by atoms with Crippen molar-refractivity contribution in [3.63, 3.8) is 0 Å². The second-order valence-corrected chi connectivity index (χ2v) is 4.81. The third kappa shape index (κ3) is 5.33. The minimum Gasteiger partial charge on any atom is -0.444 e. The normalized spacial score (nSPS) is 11.1. The van der Waals surface area contributed by atoms with Gasteiger partial charge in [0.1, 0.15) is 12.3 Å². The van der Waals surface area contributed by atoms with Gasteiger partial charge in [-0.2, -0.15) is 0 Å². The number of amides is 1. The average molecular weight is 239 g/mol. The molecule has 4 heteroatoms. The molecule has 0 aromatic heterocycles. The predicted molar refractivity (Wildman–Crippen MR) is 64.3 cm³/mol. The van der Waals surface area contributed by atoms with Gasteiger partial charge in [-0.1, -0.05) is 24.3 Å². The minimum atomic E-state index is -0.509. The monoisotopic (exact) mass is 239 g/mol. The van der Waals surface area contributed by atoms with Crippen LogP contribution >= 0.6 is 0 Å². The molecule has 1 rings (SSSR count). The quantitative estimate of drug-likeness (QED) is 0.879. The van der Waals surface area contributed by atoms with Crippen LogP contribution in [-0.4, -0.2) is 11.7 Å². The number of hydrogen-bond acceptors (Lipinski definition) is 2. The number of carbonyl (C=O) groups excluding carboxylic acids is 1. The fourth-order valence-electron chi connectivity index (χ4n) is 1.31. The van der Waals surface area contributed by atoms with Crippen LogP contribution in [0.4, 0.5) is 9.18 Å². The van der Waals surface area contributed by atoms with E-state index in [9.17, 15) is 9.18 Å². The first kappa shape index (κ1) is 13.5. The van der Waals surface area contributed by atoms with E-state index < -0.39 is 18.4 Å². The minimum absolute atomic E-state index is 0.336. The second kappa shape index (κ2) is 5.66. The van der Waals surface area contributed by atoms with Crippen LogP contribution in [0.2, 0.25) is 0 Å². The number of hydrogen-bond donors (Lipinski definition) is 1. The highest BCUT2D eigenvalue weighted by Gasteiger charge is 2.15. The summed E-state index contributed by atoms with van der Waals surface area (Å²) in [4.78, 5) is 11.4. The van der Waals surface area contributed by atoms with Gasteiger partial charge in [0, 0.05) is 6.54 Å². The highest BCUT2D eigenvalue weighted by atomic mass is 19.1. The third-order valence-electron chi connectivity index (χ3n) is 1.98. The molecule has 17 heavy (non-hydrogen) atoms. The van der Waals surface area contributed by atoms with E-state index in [0.717, 1.165) is 5.56 Å². The Morgan fingerprint density at radius 3 is 2.59 bits per heavy atom. The molecule has 0 heterocycles. The Morgan fingerprint density at radius 2 is 2.00 bits per heavy atom. The van der Waals surface area contributed by atoms with E-state index in [0.29, 0.717) is 12.1 Å². The summed E-state index contributed by atoms with van der Waals surface area (Å²) in [6, 6.07) is 7.02. The lowest BCUT2D eigenvalue weighted by Crippen LogP contribution is -2.32. The Bertz CT molecular complexity index is 385. The number of carbonyl (C=O) groups is 1. The lowest BCUT2D eigenvalue weighted by atomic mass is 10.1. The molecule has 0 aliphatic carbocycles. The Kier molecular flexibility index (Phi) is 4.49. The molecule has 0 atom stereocenters. The molecule has 1 amide bonds. The molecule has 1 aromatic rings. The zero-order valence-corrected chi connectivity index (χ0v) is 10.4. The number of alkyl halides is 1. The second-order valence-electron chi connectivity index (χ2n) is 4.81. The van der Waals surface area contributed by atoms with Crippen molar-refractivity contribution < 1.29 is 13.9 Å². The van der Waals surface area contributed by atoms with Crippen molar-refractivity contribution in [2.75, 3.05) is 0 Å². The number of halogens is 1. The fraction of sp³-hybridized carbons (Fsp3) is 0.462. The van der Waals surface area contributed by atoms with Crippen LogP contribution in [0, 0.1) is 0 Å². The van der Waals surface area contributed by atoms with Crippen molar-refractivity contribution in [2.45, 2.75) is 39.6 Å². The van der Waals surface area contributed by atoms with Gasteiger partial charge in [0.05, 0.1) is 0 Å². The van der Waals surface area contributed by atoms with Gasteiger partial charge in [-0.05, 0) is 31.9 Å². The fourth-order valence-corrected chi connectivity index (χ4v) is 1.31. The molecule has 0 spiro atoms. The number of rotatable bonds is 3. The summed E-state index contributed by atoms with van der Waals surface area (Å²) >= 11 is 0. The molecule has 0 saturated carbocycles. The van der Waals surface area contributed by atoms with Crippen molar-refractivity contribution in [1.82, 2.24) is 5.32 Å². The third-order valence-corrected chi connectivity index (χ3v) is 1.98. The molecular weight excluding hydrogens is 221 g/mol. The first-order chi connectivity index (χ1) is 7.90. The highest BCUT2D eigenvalue weighted by molar-refractivity contribution is 5.67. The van der Waals surface area contributed by atoms with E-state index in [-0.39, 0.29) is 0 Å². The lowest BCUT2D eigenvalue weighted by Gasteiger charge is -2.19. The summed E-state index contributed by atoms with van der Waals surface area (Å²) in [6.07, 6.45) is -0.469. The van der Waals surface area contributed by atoms with Crippen LogP contribution in [0.1, 0.15) is 31.9 Å². The maximum Gasteiger partial charge on any atom is 0.407 e. The molecule has 94 valence electrons. The molecule has 0 radical (unpaired) electrons. The Morgan fingerprint density at radius 1 is 1.35 bits per heavy atom. The first-order valence-electron chi connectivity index (χ1n) is 5.51. The Balaban J connectivity index is 2.47. The van der Waals surface area contributed by atoms with Gasteiger partial charge in [-0.3, -0.25) is 0 Å². The van der Waals surface area contributed by atoms with Crippen molar-refractivity contribution in [1.29, 1.82) is 0 Å². The molecule has 0 unspecified atom stereocenters. The first-order valence-corrected chi connectivity index (χ1v) is 5.51. The van der Waals surface area contributed by atoms with Gasteiger partial charge >= 0.3 is 6.09 Å². The number of ether oxygens (including phenoxy) is 1. The van der Waals surface area contributed by atoms with Crippen LogP contribution in [0.5, 0.6) is 0 Å². The zero-order valence-electron chi connectivity index (χ0n) is 10.4. The molecule has 0 fully saturated rings. The summed E-state index contributed by atoms with van der Waals surface area (Å²) in [5, 5.41) is 2.62. The van der Waals surface area contributed by atoms with Gasteiger partial charge in [0.25, 0.3) is 0 Å². The standard InChI is InChI=1S/C13H18FNO2/c1-13(2,3)17-12(16)15-9-11-6-4-5-10(7-11)8-14/h4-7H,8-9H2,1-3H3,(H,15,16). The van der Waals surface area contributed by atoms with E-state index in [2.05, 4.69) is 5.32 Å². The Hall–Kier alpha value is -1.58. The van der Waals surface area contributed by atoms with Gasteiger partial charge in [0.15, 0.2) is 0 Å². The molecule has 1 N–H and O–H groups in total. The topological polar surface area (TPSA) is 38.3 Å². The summed E-state index contributed by atoms with van der Waals surface area (Å²) in [5.74, 6) is 0. The van der Waals surface area contributed by atoms with E-state index >= 15 is 0 Å². The number of benzene rings is 1. The molecule has 0 saturated heterocycles. The van der Waals surface area contributed by atoms with Crippen LogP contribution in [0.15, 0.2) is 24.3 Å². The molecule has 3 nitrogen and oxygen atoms in total. The maximum absolute atomic E-state index is 12.4. The van der Waals surface area contributed by atoms with E-state index in [1.54, 1.807) is 39.0 Å². The van der Waals surface area contributed by atoms with E-state index in [1.165, 1.54) is 0 Å². The van der Waals surface area contributed by atoms with Crippen LogP contribution in [0.25, 0.3) is 0 Å². The van der Waals surface area contributed by atoms with Crippen molar-refractivity contribution in [2.24, 2.45) is 0 Å². The van der Waals surface area contributed by atoms with Gasteiger partial charge in [-0.15, -0.1) is 0 Å². The smallest absolute Gasteiger partial charge is 0.407 e. The van der Waals surface area contributed by atoms with Crippen molar-refractivity contribution >= 4 is 6.09 Å². The summed E-state index contributed by atoms with van der Waals surface area (Å²) < 4.78 is 17.5. The highest BCUT2D eigenvalue weighted by Crippen LogP contribution is 2.08. The van der Waals surface area contributed by atoms with Crippen molar-refractivity contribution in [3.8, 4) is 0 Å². The molecular formula is C13H18FNO2. The van der Waals surface area contributed by atoms with Crippen LogP contribution in [0.3, 0.4) is 0 Å². The van der Waals surface area contributed by atoms with Crippen LogP contribution < -0.4 is 5.32 Å². The summed E-state index contributed by atoms with van der Waals surface area (Å²) in [7, 11) is 0. The van der Waals surface area contributed by atoms with Gasteiger partial charge < -0.3 is 10.1 Å². The molecule has 0 bridgehead atoms. The van der Waals surface area contributed by atoms with Crippen LogP contribution in [-0.2, 0) is 18.0 Å². The van der Waals surface area contributed by atoms with Crippen molar-refractivity contribution in [3.05, 3.63) is 35.4 Å².